The molecule has 0 unspecified atom stereocenters. The molecule has 134 valence electrons. The fourth-order valence-corrected chi connectivity index (χ4v) is 2.32. The Labute approximate surface area is 143 Å². The number of para-hydroxylation sites is 1. The highest BCUT2D eigenvalue weighted by atomic mass is 19.4. The Bertz CT molecular complexity index is 951. The third-order valence-corrected chi connectivity index (χ3v) is 3.46. The maximum Gasteiger partial charge on any atom is 0.434 e. The van der Waals surface area contributed by atoms with Crippen molar-refractivity contribution in [1.29, 1.82) is 0 Å². The second-order valence-electron chi connectivity index (χ2n) is 5.23. The van der Waals surface area contributed by atoms with E-state index in [0.29, 0.717) is 10.7 Å². The smallest absolute Gasteiger partial charge is 0.322 e. The highest BCUT2D eigenvalue weighted by molar-refractivity contribution is 6.05. The molecule has 0 aliphatic heterocycles. The van der Waals surface area contributed by atoms with Gasteiger partial charge in [0.25, 0.3) is 5.91 Å². The van der Waals surface area contributed by atoms with Crippen molar-refractivity contribution >= 4 is 11.6 Å². The number of amides is 1. The molecule has 3 aromatic rings. The molecule has 0 saturated carbocycles. The summed E-state index contributed by atoms with van der Waals surface area (Å²) >= 11 is 0. The number of nitrogens with zero attached hydrogens (tertiary/aromatic N) is 2. The summed E-state index contributed by atoms with van der Waals surface area (Å²) in [6.07, 6.45) is -4.10. The van der Waals surface area contributed by atoms with Crippen LogP contribution in [-0.4, -0.2) is 15.7 Å². The van der Waals surface area contributed by atoms with Gasteiger partial charge in [0.05, 0.1) is 17.4 Å². The van der Waals surface area contributed by atoms with E-state index in [4.69, 9.17) is 0 Å². The average molecular weight is 367 g/mol. The van der Waals surface area contributed by atoms with Crippen LogP contribution in [0.2, 0.25) is 0 Å². The van der Waals surface area contributed by atoms with Gasteiger partial charge in [0, 0.05) is 11.8 Å². The van der Waals surface area contributed by atoms with Crippen LogP contribution >= 0.6 is 0 Å². The summed E-state index contributed by atoms with van der Waals surface area (Å²) in [7, 11) is 0. The van der Waals surface area contributed by atoms with Crippen molar-refractivity contribution in [2.24, 2.45) is 0 Å². The minimum atomic E-state index is -4.87. The third-order valence-electron chi connectivity index (χ3n) is 3.46. The van der Waals surface area contributed by atoms with Gasteiger partial charge in [-0.2, -0.15) is 18.3 Å². The van der Waals surface area contributed by atoms with Crippen LogP contribution in [0, 0.1) is 11.6 Å². The van der Waals surface area contributed by atoms with Gasteiger partial charge in [0.15, 0.2) is 17.3 Å². The van der Waals surface area contributed by atoms with Gasteiger partial charge in [0.1, 0.15) is 0 Å². The van der Waals surface area contributed by atoms with Gasteiger partial charge < -0.3 is 5.32 Å². The standard InChI is InChI=1S/C17H10F5N3O/c18-13-7-6-10(8-14(13)19)24-16(26)12-9-23-25(15(12)17(20,21)22)11-4-2-1-3-5-11/h1-9H,(H,24,26). The SMILES string of the molecule is O=C(Nc1ccc(F)c(F)c1)c1cnn(-c2ccccc2)c1C(F)(F)F. The number of rotatable bonds is 3. The molecule has 0 bridgehead atoms. The highest BCUT2D eigenvalue weighted by Crippen LogP contribution is 2.34. The zero-order chi connectivity index (χ0) is 18.9. The summed E-state index contributed by atoms with van der Waals surface area (Å²) in [4.78, 5) is 12.2. The van der Waals surface area contributed by atoms with Crippen molar-refractivity contribution in [3.8, 4) is 5.69 Å². The molecule has 2 aromatic carbocycles. The van der Waals surface area contributed by atoms with E-state index in [1.165, 1.54) is 24.3 Å². The molecule has 26 heavy (non-hydrogen) atoms. The van der Waals surface area contributed by atoms with Crippen molar-refractivity contribution in [2.75, 3.05) is 5.32 Å². The number of carbonyl (C=O) groups is 1. The van der Waals surface area contributed by atoms with Gasteiger partial charge in [-0.25, -0.2) is 13.5 Å². The van der Waals surface area contributed by atoms with E-state index in [-0.39, 0.29) is 11.4 Å². The van der Waals surface area contributed by atoms with Crippen molar-refractivity contribution in [3.05, 3.63) is 77.6 Å². The molecule has 1 amide bonds. The van der Waals surface area contributed by atoms with Crippen LogP contribution in [0.15, 0.2) is 54.7 Å². The van der Waals surface area contributed by atoms with Crippen LogP contribution < -0.4 is 5.32 Å². The molecule has 9 heteroatoms. The van der Waals surface area contributed by atoms with E-state index in [1.54, 1.807) is 6.07 Å². The van der Waals surface area contributed by atoms with Gasteiger partial charge in [0.2, 0.25) is 0 Å². The monoisotopic (exact) mass is 367 g/mol. The summed E-state index contributed by atoms with van der Waals surface area (Å²) < 4.78 is 67.2. The fourth-order valence-electron chi connectivity index (χ4n) is 2.32. The van der Waals surface area contributed by atoms with Crippen LogP contribution in [0.25, 0.3) is 5.69 Å². The summed E-state index contributed by atoms with van der Waals surface area (Å²) in [5, 5.41) is 5.75. The minimum absolute atomic E-state index is 0.117. The van der Waals surface area contributed by atoms with Crippen LogP contribution in [0.1, 0.15) is 16.1 Å². The Hall–Kier alpha value is -3.23. The number of anilines is 1. The van der Waals surface area contributed by atoms with E-state index in [1.807, 2.05) is 0 Å². The Morgan fingerprint density at radius 3 is 2.31 bits per heavy atom. The van der Waals surface area contributed by atoms with E-state index >= 15 is 0 Å². The molecule has 3 rings (SSSR count). The largest absolute Gasteiger partial charge is 0.434 e. The van der Waals surface area contributed by atoms with Crippen LogP contribution in [0.4, 0.5) is 27.6 Å². The van der Waals surface area contributed by atoms with Crippen LogP contribution in [0.3, 0.4) is 0 Å². The molecule has 0 saturated heterocycles. The summed E-state index contributed by atoms with van der Waals surface area (Å²) in [5.74, 6) is -3.53. The molecular weight excluding hydrogens is 357 g/mol. The van der Waals surface area contributed by atoms with E-state index in [0.717, 1.165) is 18.3 Å². The number of hydrogen-bond acceptors (Lipinski definition) is 2. The third kappa shape index (κ3) is 3.41. The first-order valence-corrected chi connectivity index (χ1v) is 7.24. The molecule has 1 N–H and O–H groups in total. The van der Waals surface area contributed by atoms with Crippen molar-refractivity contribution < 1.29 is 26.7 Å². The molecule has 0 fully saturated rings. The maximum absolute atomic E-state index is 13.5. The molecule has 0 spiro atoms. The van der Waals surface area contributed by atoms with Gasteiger partial charge in [-0.3, -0.25) is 4.79 Å². The van der Waals surface area contributed by atoms with E-state index < -0.39 is 35.0 Å². The number of carbonyl (C=O) groups excluding carboxylic acids is 1. The number of alkyl halides is 3. The molecular formula is C17H10F5N3O. The van der Waals surface area contributed by atoms with Crippen molar-refractivity contribution in [2.45, 2.75) is 6.18 Å². The predicted molar refractivity (Wildman–Crippen MR) is 82.9 cm³/mol. The number of benzene rings is 2. The Morgan fingerprint density at radius 2 is 1.69 bits per heavy atom. The average Bonchev–Trinajstić information content (AvgIpc) is 3.04. The van der Waals surface area contributed by atoms with Crippen molar-refractivity contribution in [3.63, 3.8) is 0 Å². The van der Waals surface area contributed by atoms with Gasteiger partial charge in [-0.05, 0) is 24.3 Å². The van der Waals surface area contributed by atoms with Gasteiger partial charge in [-0.15, -0.1) is 0 Å². The Kier molecular flexibility index (Phi) is 4.45. The molecule has 0 radical (unpaired) electrons. The molecule has 0 aliphatic rings. The first-order chi connectivity index (χ1) is 12.3. The zero-order valence-corrected chi connectivity index (χ0v) is 12.9. The second kappa shape index (κ2) is 6.58. The van der Waals surface area contributed by atoms with Gasteiger partial charge in [-0.1, -0.05) is 18.2 Å². The van der Waals surface area contributed by atoms with E-state index in [2.05, 4.69) is 10.4 Å². The topological polar surface area (TPSA) is 46.9 Å². The fraction of sp³-hybridized carbons (Fsp3) is 0.0588. The summed E-state index contributed by atoms with van der Waals surface area (Å²) in [6, 6.07) is 9.93. The lowest BCUT2D eigenvalue weighted by Gasteiger charge is -2.13. The number of hydrogen-bond donors (Lipinski definition) is 1. The first kappa shape index (κ1) is 17.6. The predicted octanol–water partition coefficient (Wildman–Crippen LogP) is 4.42. The second-order valence-corrected chi connectivity index (χ2v) is 5.23. The molecule has 1 heterocycles. The zero-order valence-electron chi connectivity index (χ0n) is 12.9. The minimum Gasteiger partial charge on any atom is -0.322 e. The van der Waals surface area contributed by atoms with E-state index in [9.17, 15) is 26.7 Å². The Morgan fingerprint density at radius 1 is 1.00 bits per heavy atom. The van der Waals surface area contributed by atoms with Crippen LogP contribution in [-0.2, 0) is 6.18 Å². The molecule has 4 nitrogen and oxygen atoms in total. The number of nitrogens with one attached hydrogen (secondary N) is 1. The van der Waals surface area contributed by atoms with Crippen molar-refractivity contribution in [1.82, 2.24) is 9.78 Å². The molecule has 0 atom stereocenters. The lowest BCUT2D eigenvalue weighted by molar-refractivity contribution is -0.143. The molecule has 1 aromatic heterocycles. The lowest BCUT2D eigenvalue weighted by atomic mass is 10.2. The number of aromatic nitrogens is 2. The summed E-state index contributed by atoms with van der Waals surface area (Å²) in [5.41, 5.74) is -2.09. The highest BCUT2D eigenvalue weighted by Gasteiger charge is 2.40. The number of halogens is 5. The quantitative estimate of drug-likeness (QED) is 0.697. The Balaban J connectivity index is 2.00. The maximum atomic E-state index is 13.5. The normalized spacial score (nSPS) is 11.4. The lowest BCUT2D eigenvalue weighted by Crippen LogP contribution is -2.20. The summed E-state index contributed by atoms with van der Waals surface area (Å²) in [6.45, 7) is 0. The van der Waals surface area contributed by atoms with Crippen LogP contribution in [0.5, 0.6) is 0 Å². The van der Waals surface area contributed by atoms with Gasteiger partial charge >= 0.3 is 6.18 Å². The first-order valence-electron chi connectivity index (χ1n) is 7.24. The molecule has 0 aliphatic carbocycles.